The fraction of sp³-hybridized carbons (Fsp3) is 0.353. The number of fused-ring (bicyclic) bond motifs is 3. The van der Waals surface area contributed by atoms with E-state index in [2.05, 4.69) is 30.7 Å². The molecule has 11 heteroatoms. The van der Waals surface area contributed by atoms with Crippen molar-refractivity contribution < 1.29 is 23.9 Å². The number of benzene rings is 1. The molecule has 2 N–H and O–H groups in total. The van der Waals surface area contributed by atoms with Crippen LogP contribution < -0.4 is 11.0 Å². The molecule has 3 aliphatic rings. The van der Waals surface area contributed by atoms with Crippen LogP contribution in [-0.4, -0.2) is 27.9 Å². The zero-order chi connectivity index (χ0) is 19.8. The van der Waals surface area contributed by atoms with E-state index in [0.717, 1.165) is 32.8 Å². The summed E-state index contributed by atoms with van der Waals surface area (Å²) in [7, 11) is -2.33. The fourth-order valence-corrected chi connectivity index (χ4v) is 6.97. The maximum atomic E-state index is 13.6. The first kappa shape index (κ1) is 19.3. The van der Waals surface area contributed by atoms with Gasteiger partial charge in [0.25, 0.3) is 0 Å². The maximum Gasteiger partial charge on any atom is 0.508 e. The van der Waals surface area contributed by atoms with Gasteiger partial charge in [0, 0.05) is 28.2 Å². The normalized spacial score (nSPS) is 22.2. The second kappa shape index (κ2) is 7.77. The lowest BCUT2D eigenvalue weighted by Gasteiger charge is -2.28. The minimum absolute atomic E-state index is 0.299. The molecule has 1 aromatic carbocycles. The molecule has 0 spiro atoms. The Balaban J connectivity index is 1.81. The zero-order valence-electron chi connectivity index (χ0n) is 14.5. The van der Waals surface area contributed by atoms with Crippen LogP contribution in [0.15, 0.2) is 28.9 Å². The molecule has 3 heterocycles. The monoisotopic (exact) mass is 484 g/mol. The molecule has 0 radical (unpaired) electrons. The summed E-state index contributed by atoms with van der Waals surface area (Å²) in [6.45, 7) is 0. The molecule has 1 aliphatic carbocycles. The van der Waals surface area contributed by atoms with Crippen molar-refractivity contribution in [1.29, 1.82) is 0 Å². The van der Waals surface area contributed by atoms with Gasteiger partial charge in [0.2, 0.25) is 5.30 Å². The molecule has 1 saturated carbocycles. The van der Waals surface area contributed by atoms with Crippen LogP contribution in [-0.2, 0) is 14.3 Å². The predicted octanol–water partition coefficient (Wildman–Crippen LogP) is 4.43. The van der Waals surface area contributed by atoms with Gasteiger partial charge in [0.05, 0.1) is 15.9 Å². The van der Waals surface area contributed by atoms with Crippen LogP contribution in [0.5, 0.6) is 0 Å². The standard InChI is InChI=1S/C17H15BrN3O5PS/c18-10-3-6-12-13(7-10)27(24)21(17(23)26-25-16(19)22)11-4-1-9(2-5-11)15-20-8-14(12)28-15/h3,6-9,11H,1-2,4-5H2,(H-,19,22)/p+1. The summed E-state index contributed by atoms with van der Waals surface area (Å²) in [5.41, 5.74) is 5.63. The van der Waals surface area contributed by atoms with Gasteiger partial charge in [-0.1, -0.05) is 20.6 Å². The second-order valence-corrected chi connectivity index (χ2v) is 10.0. The number of amides is 2. The topological polar surface area (TPSA) is 112 Å². The van der Waals surface area contributed by atoms with Gasteiger partial charge in [-0.05, 0) is 42.4 Å². The smallest absolute Gasteiger partial charge is 0.332 e. The lowest BCUT2D eigenvalue weighted by molar-refractivity contribution is -0.182. The first-order valence-electron chi connectivity index (χ1n) is 8.64. The summed E-state index contributed by atoms with van der Waals surface area (Å²) >= 11 is 5.01. The van der Waals surface area contributed by atoms with Crippen LogP contribution in [0.2, 0.25) is 0 Å². The van der Waals surface area contributed by atoms with E-state index in [1.54, 1.807) is 23.6 Å². The molecule has 2 aliphatic heterocycles. The van der Waals surface area contributed by atoms with Crippen molar-refractivity contribution in [2.24, 2.45) is 5.73 Å². The van der Waals surface area contributed by atoms with Crippen LogP contribution in [0, 0.1) is 0 Å². The Morgan fingerprint density at radius 1 is 1.25 bits per heavy atom. The molecular weight excluding hydrogens is 469 g/mol. The number of carbonyl (C=O) groups is 2. The summed E-state index contributed by atoms with van der Waals surface area (Å²) in [6.07, 6.45) is 2.50. The number of rotatable bonds is 0. The Labute approximate surface area is 173 Å². The summed E-state index contributed by atoms with van der Waals surface area (Å²) in [4.78, 5) is 37.7. The average Bonchev–Trinajstić information content (AvgIpc) is 3.15. The molecule has 1 unspecified atom stereocenters. The second-order valence-electron chi connectivity index (χ2n) is 6.60. The first-order valence-corrected chi connectivity index (χ1v) is 11.5. The van der Waals surface area contributed by atoms with Gasteiger partial charge in [0.15, 0.2) is 0 Å². The molecular formula is C17H16BrN3O5PS+. The van der Waals surface area contributed by atoms with Gasteiger partial charge in [-0.15, -0.1) is 11.3 Å². The van der Waals surface area contributed by atoms with Crippen LogP contribution in [0.25, 0.3) is 10.4 Å². The van der Waals surface area contributed by atoms with Crippen molar-refractivity contribution in [2.45, 2.75) is 37.6 Å². The number of hydrogen-bond acceptors (Lipinski definition) is 7. The molecule has 28 heavy (non-hydrogen) atoms. The molecule has 1 aromatic heterocycles. The molecule has 1 atom stereocenters. The van der Waals surface area contributed by atoms with Crippen LogP contribution in [0.4, 0.5) is 9.59 Å². The van der Waals surface area contributed by atoms with Crippen molar-refractivity contribution in [2.75, 3.05) is 0 Å². The van der Waals surface area contributed by atoms with Crippen LogP contribution in [0.1, 0.15) is 36.6 Å². The van der Waals surface area contributed by atoms with Crippen molar-refractivity contribution in [3.05, 3.63) is 33.9 Å². The minimum Gasteiger partial charge on any atom is -0.332 e. The molecule has 8 nitrogen and oxygen atoms in total. The number of nitrogens with zero attached hydrogens (tertiary/aromatic N) is 2. The van der Waals surface area contributed by atoms with E-state index in [-0.39, 0.29) is 6.04 Å². The van der Waals surface area contributed by atoms with E-state index >= 15 is 0 Å². The lowest BCUT2D eigenvalue weighted by atomic mass is 9.86. The summed E-state index contributed by atoms with van der Waals surface area (Å²) in [5, 5.41) is 1.55. The predicted molar refractivity (Wildman–Crippen MR) is 106 cm³/mol. The van der Waals surface area contributed by atoms with Gasteiger partial charge < -0.3 is 5.73 Å². The summed E-state index contributed by atoms with van der Waals surface area (Å²) in [5.74, 6) is 0.310. The highest BCUT2D eigenvalue weighted by atomic mass is 79.9. The van der Waals surface area contributed by atoms with E-state index in [1.807, 2.05) is 12.1 Å². The van der Waals surface area contributed by atoms with Crippen molar-refractivity contribution in [3.8, 4) is 10.4 Å². The first-order chi connectivity index (χ1) is 13.4. The van der Waals surface area contributed by atoms with E-state index in [1.165, 1.54) is 4.67 Å². The highest BCUT2D eigenvalue weighted by Crippen LogP contribution is 2.45. The molecule has 2 aromatic rings. The van der Waals surface area contributed by atoms with E-state index in [9.17, 15) is 14.2 Å². The largest absolute Gasteiger partial charge is 0.508 e. The fourth-order valence-electron chi connectivity index (χ4n) is 3.64. The van der Waals surface area contributed by atoms with Crippen LogP contribution >= 0.6 is 35.2 Å². The summed E-state index contributed by atoms with van der Waals surface area (Å²) in [6, 6.07) is 5.14. The number of hydrogen-bond donors (Lipinski definition) is 1. The summed E-state index contributed by atoms with van der Waals surface area (Å²) < 4.78 is 15.5. The number of halogens is 1. The third-order valence-corrected chi connectivity index (χ3v) is 8.27. The number of carbonyl (C=O) groups excluding carboxylic acids is 2. The average molecular weight is 485 g/mol. The number of thiazole rings is 1. The van der Waals surface area contributed by atoms with Crippen LogP contribution in [0.3, 0.4) is 0 Å². The van der Waals surface area contributed by atoms with Crippen molar-refractivity contribution in [1.82, 2.24) is 9.65 Å². The molecule has 4 bridgehead atoms. The number of aromatic nitrogens is 1. The molecule has 2 amide bonds. The molecule has 146 valence electrons. The minimum atomic E-state index is -2.33. The molecule has 5 rings (SSSR count). The Hall–Kier alpha value is -2.03. The maximum absolute atomic E-state index is 13.6. The quantitative estimate of drug-likeness (QED) is 0.336. The van der Waals surface area contributed by atoms with Gasteiger partial charge >= 0.3 is 20.1 Å². The van der Waals surface area contributed by atoms with Gasteiger partial charge in [-0.3, -0.25) is 0 Å². The lowest BCUT2D eigenvalue weighted by Crippen LogP contribution is -2.40. The third kappa shape index (κ3) is 3.64. The Morgan fingerprint density at radius 2 is 2.00 bits per heavy atom. The third-order valence-electron chi connectivity index (χ3n) is 4.92. The van der Waals surface area contributed by atoms with Gasteiger partial charge in [-0.2, -0.15) is 0 Å². The Bertz CT molecular complexity index is 960. The van der Waals surface area contributed by atoms with E-state index < -0.39 is 20.1 Å². The number of nitrogens with two attached hydrogens (primary N) is 1. The van der Waals surface area contributed by atoms with Crippen molar-refractivity contribution >= 4 is 52.7 Å². The van der Waals surface area contributed by atoms with Gasteiger partial charge in [-0.25, -0.2) is 24.3 Å². The number of primary amides is 1. The van der Waals surface area contributed by atoms with Crippen molar-refractivity contribution in [3.63, 3.8) is 0 Å². The highest BCUT2D eigenvalue weighted by molar-refractivity contribution is 9.10. The zero-order valence-corrected chi connectivity index (χ0v) is 17.8. The van der Waals surface area contributed by atoms with Gasteiger partial charge in [0.1, 0.15) is 0 Å². The highest BCUT2D eigenvalue weighted by Gasteiger charge is 2.47. The molecule has 1 fully saturated rings. The van der Waals surface area contributed by atoms with E-state index in [0.29, 0.717) is 24.1 Å². The SMILES string of the molecule is NC(=O)OOC(=O)N1C2CCC(CC2)c2ncc(s2)-c2ccc(Br)cc2[P+]1=O. The van der Waals surface area contributed by atoms with E-state index in [4.69, 9.17) is 5.73 Å². The molecule has 0 saturated heterocycles. The Kier molecular flexibility index (Phi) is 5.35. The Morgan fingerprint density at radius 3 is 2.71 bits per heavy atom.